The lowest BCUT2D eigenvalue weighted by Crippen LogP contribution is -2.38. The number of benzene rings is 1. The molecule has 1 unspecified atom stereocenters. The van der Waals surface area contributed by atoms with E-state index in [0.717, 1.165) is 16.3 Å². The van der Waals surface area contributed by atoms with Crippen LogP contribution in [0.2, 0.25) is 0 Å². The highest BCUT2D eigenvalue weighted by molar-refractivity contribution is 14.0. The number of aryl methyl sites for hydroxylation is 1. The molecule has 2 aromatic rings. The third-order valence-corrected chi connectivity index (χ3v) is 5.45. The lowest BCUT2D eigenvalue weighted by molar-refractivity contribution is 0.0531. The predicted octanol–water partition coefficient (Wildman–Crippen LogP) is 3.74. The fraction of sp³-hybridized carbons (Fsp3) is 0.450. The maximum Gasteiger partial charge on any atom is 0.350 e. The predicted molar refractivity (Wildman–Crippen MR) is 131 cm³/mol. The molecule has 0 fully saturated rings. The van der Waals surface area contributed by atoms with Gasteiger partial charge in [-0.2, -0.15) is 0 Å². The Morgan fingerprint density at radius 2 is 1.97 bits per heavy atom. The van der Waals surface area contributed by atoms with Crippen molar-refractivity contribution in [3.63, 3.8) is 0 Å². The zero-order chi connectivity index (χ0) is 20.7. The third-order valence-electron chi connectivity index (χ3n) is 4.13. The van der Waals surface area contributed by atoms with Crippen LogP contribution in [0.15, 0.2) is 29.3 Å². The first-order valence-corrected chi connectivity index (χ1v) is 10.0. The average molecular weight is 531 g/mol. The molecule has 0 saturated heterocycles. The first kappa shape index (κ1) is 25.2. The van der Waals surface area contributed by atoms with Crippen LogP contribution in [-0.4, -0.2) is 44.7 Å². The Balaban J connectivity index is 0.00000420. The van der Waals surface area contributed by atoms with E-state index in [4.69, 9.17) is 4.74 Å². The van der Waals surface area contributed by atoms with Crippen LogP contribution in [0.25, 0.3) is 0 Å². The zero-order valence-corrected chi connectivity index (χ0v) is 20.9. The highest BCUT2D eigenvalue weighted by Crippen LogP contribution is 2.24. The van der Waals surface area contributed by atoms with Crippen molar-refractivity contribution in [1.82, 2.24) is 15.6 Å². The quantitative estimate of drug-likeness (QED) is 0.245. The lowest BCUT2D eigenvalue weighted by atomic mass is 10.2. The molecule has 2 N–H and O–H groups in total. The van der Waals surface area contributed by atoms with Crippen molar-refractivity contribution in [2.75, 3.05) is 32.6 Å². The fourth-order valence-electron chi connectivity index (χ4n) is 2.55. The van der Waals surface area contributed by atoms with Gasteiger partial charge in [0.15, 0.2) is 5.96 Å². The second-order valence-corrected chi connectivity index (χ2v) is 7.57. The summed E-state index contributed by atoms with van der Waals surface area (Å²) in [5, 5.41) is 7.45. The summed E-state index contributed by atoms with van der Waals surface area (Å²) in [4.78, 5) is 23.4. The number of esters is 1. The molecule has 1 aromatic heterocycles. The van der Waals surface area contributed by atoms with Gasteiger partial charge in [-0.3, -0.25) is 4.99 Å². The van der Waals surface area contributed by atoms with Crippen molar-refractivity contribution >= 4 is 52.9 Å². The summed E-state index contributed by atoms with van der Waals surface area (Å²) < 4.78 is 5.09. The van der Waals surface area contributed by atoms with Crippen LogP contribution in [0.3, 0.4) is 0 Å². The summed E-state index contributed by atoms with van der Waals surface area (Å²) in [5.41, 5.74) is 3.02. The molecular formula is C20H30IN5O2S. The number of thiazole rings is 1. The molecule has 1 heterocycles. The van der Waals surface area contributed by atoms with Gasteiger partial charge in [0.05, 0.1) is 18.3 Å². The minimum absolute atomic E-state index is 0. The highest BCUT2D eigenvalue weighted by Gasteiger charge is 2.20. The van der Waals surface area contributed by atoms with Crippen molar-refractivity contribution in [2.45, 2.75) is 33.4 Å². The maximum atomic E-state index is 12.0. The van der Waals surface area contributed by atoms with Gasteiger partial charge in [0.25, 0.3) is 0 Å². The molecule has 0 aliphatic carbocycles. The summed E-state index contributed by atoms with van der Waals surface area (Å²) >= 11 is 1.35. The SMILES string of the molecule is CCOC(=O)c1sc(C(C)NC(=NC)NCc2ccc(N(C)C)cc2)nc1C.I. The summed E-state index contributed by atoms with van der Waals surface area (Å²) in [7, 11) is 5.77. The van der Waals surface area contributed by atoms with Gasteiger partial charge in [0.2, 0.25) is 0 Å². The number of aliphatic imine (C=N–C) groups is 1. The molecular weight excluding hydrogens is 501 g/mol. The number of rotatable bonds is 7. The summed E-state index contributed by atoms with van der Waals surface area (Å²) in [6.07, 6.45) is 0. The number of carbonyl (C=O) groups excluding carboxylic acids is 1. The van der Waals surface area contributed by atoms with Crippen LogP contribution in [0.5, 0.6) is 0 Å². The summed E-state index contributed by atoms with van der Waals surface area (Å²) in [6, 6.07) is 8.27. The molecule has 0 spiro atoms. The van der Waals surface area contributed by atoms with Gasteiger partial charge in [0, 0.05) is 33.4 Å². The van der Waals surface area contributed by atoms with Gasteiger partial charge in [0.1, 0.15) is 9.88 Å². The number of hydrogen-bond acceptors (Lipinski definition) is 6. The molecule has 1 atom stereocenters. The van der Waals surface area contributed by atoms with Gasteiger partial charge in [-0.15, -0.1) is 35.3 Å². The molecule has 29 heavy (non-hydrogen) atoms. The Morgan fingerprint density at radius 1 is 1.31 bits per heavy atom. The van der Waals surface area contributed by atoms with Gasteiger partial charge in [-0.1, -0.05) is 12.1 Å². The summed E-state index contributed by atoms with van der Waals surface area (Å²) in [5.74, 6) is 0.356. The fourth-order valence-corrected chi connectivity index (χ4v) is 3.51. The number of hydrogen-bond donors (Lipinski definition) is 2. The first-order chi connectivity index (χ1) is 13.3. The van der Waals surface area contributed by atoms with Crippen LogP contribution in [-0.2, 0) is 11.3 Å². The molecule has 0 amide bonds. The van der Waals surface area contributed by atoms with Crippen molar-refractivity contribution in [2.24, 2.45) is 4.99 Å². The standard InChI is InChI=1S/C20H29N5O2S.HI/c1-7-27-19(26)17-13(2)23-18(28-17)14(3)24-20(21-4)22-12-15-8-10-16(11-9-15)25(5)6;/h8-11,14H,7,12H2,1-6H3,(H2,21,22,24);1H. The van der Waals surface area contributed by atoms with E-state index in [2.05, 4.69) is 49.8 Å². The molecule has 0 saturated carbocycles. The van der Waals surface area contributed by atoms with Crippen LogP contribution in [0, 0.1) is 6.92 Å². The van der Waals surface area contributed by atoms with Crippen LogP contribution >= 0.6 is 35.3 Å². The molecule has 7 nitrogen and oxygen atoms in total. The van der Waals surface area contributed by atoms with E-state index in [-0.39, 0.29) is 36.0 Å². The van der Waals surface area contributed by atoms with Crippen LogP contribution < -0.4 is 15.5 Å². The number of nitrogens with zero attached hydrogens (tertiary/aromatic N) is 3. The van der Waals surface area contributed by atoms with Crippen molar-refractivity contribution in [1.29, 1.82) is 0 Å². The maximum absolute atomic E-state index is 12.0. The monoisotopic (exact) mass is 531 g/mol. The molecule has 9 heteroatoms. The Kier molecular flexibility index (Phi) is 10.4. The molecule has 0 aliphatic heterocycles. The Hall–Kier alpha value is -1.88. The van der Waals surface area contributed by atoms with Crippen molar-refractivity contribution < 1.29 is 9.53 Å². The average Bonchev–Trinajstić information content (AvgIpc) is 3.07. The lowest BCUT2D eigenvalue weighted by Gasteiger charge is -2.17. The van der Waals surface area contributed by atoms with Gasteiger partial charge < -0.3 is 20.3 Å². The van der Waals surface area contributed by atoms with Crippen molar-refractivity contribution in [3.8, 4) is 0 Å². The van der Waals surface area contributed by atoms with Crippen LogP contribution in [0.1, 0.15) is 45.8 Å². The van der Waals surface area contributed by atoms with Gasteiger partial charge in [-0.25, -0.2) is 9.78 Å². The third kappa shape index (κ3) is 7.14. The van der Waals surface area contributed by atoms with E-state index >= 15 is 0 Å². The number of carbonyl (C=O) groups is 1. The number of guanidine groups is 1. The number of anilines is 1. The van der Waals surface area contributed by atoms with Crippen molar-refractivity contribution in [3.05, 3.63) is 45.4 Å². The minimum atomic E-state index is -0.320. The minimum Gasteiger partial charge on any atom is -0.462 e. The van der Waals surface area contributed by atoms with E-state index in [1.807, 2.05) is 27.9 Å². The molecule has 160 valence electrons. The molecule has 2 rings (SSSR count). The van der Waals surface area contributed by atoms with E-state index in [1.54, 1.807) is 14.0 Å². The van der Waals surface area contributed by atoms with Gasteiger partial charge in [-0.05, 0) is 38.5 Å². The topological polar surface area (TPSA) is 78.8 Å². The largest absolute Gasteiger partial charge is 0.462 e. The number of nitrogens with one attached hydrogen (secondary N) is 2. The van der Waals surface area contributed by atoms with E-state index in [9.17, 15) is 4.79 Å². The highest BCUT2D eigenvalue weighted by atomic mass is 127. The zero-order valence-electron chi connectivity index (χ0n) is 17.8. The van der Waals surface area contributed by atoms with Gasteiger partial charge >= 0.3 is 5.97 Å². The molecule has 1 aromatic carbocycles. The number of halogens is 1. The Bertz CT molecular complexity index is 821. The normalized spacial score (nSPS) is 12.0. The number of aromatic nitrogens is 1. The molecule has 0 radical (unpaired) electrons. The van der Waals surface area contributed by atoms with Crippen LogP contribution in [0.4, 0.5) is 5.69 Å². The first-order valence-electron chi connectivity index (χ1n) is 9.23. The molecule has 0 bridgehead atoms. The van der Waals surface area contributed by atoms with E-state index in [0.29, 0.717) is 29.7 Å². The Morgan fingerprint density at radius 3 is 2.52 bits per heavy atom. The molecule has 0 aliphatic rings. The smallest absolute Gasteiger partial charge is 0.350 e. The Labute approximate surface area is 194 Å². The second kappa shape index (κ2) is 12.0. The van der Waals surface area contributed by atoms with E-state index < -0.39 is 0 Å². The van der Waals surface area contributed by atoms with E-state index in [1.165, 1.54) is 11.3 Å². The second-order valence-electron chi connectivity index (χ2n) is 6.54. The number of ether oxygens (including phenoxy) is 1. The summed E-state index contributed by atoms with van der Waals surface area (Å²) in [6.45, 7) is 6.62.